The Balaban J connectivity index is 2.07. The van der Waals surface area contributed by atoms with Gasteiger partial charge >= 0.3 is 0 Å². The molecule has 1 atom stereocenters. The highest BCUT2D eigenvalue weighted by atomic mass is 79.9. The maximum absolute atomic E-state index is 11.9. The van der Waals surface area contributed by atoms with E-state index in [1.165, 1.54) is 11.3 Å². The number of hydrogen-bond donors (Lipinski definition) is 1. The Morgan fingerprint density at radius 3 is 3.14 bits per heavy atom. The molecular weight excluding hydrogens is 266 g/mol. The first-order chi connectivity index (χ1) is 6.77. The number of ketones is 1. The van der Waals surface area contributed by atoms with Crippen LogP contribution in [0.1, 0.15) is 9.67 Å². The third kappa shape index (κ3) is 2.23. The third-order valence-corrected chi connectivity index (χ3v) is 3.75. The summed E-state index contributed by atoms with van der Waals surface area (Å²) in [5, 5.41) is 5.06. The van der Waals surface area contributed by atoms with Crippen molar-refractivity contribution in [1.82, 2.24) is 5.32 Å². The second-order valence-electron chi connectivity index (χ2n) is 3.08. The minimum atomic E-state index is -0.172. The molecule has 3 nitrogen and oxygen atoms in total. The van der Waals surface area contributed by atoms with Crippen molar-refractivity contribution >= 4 is 33.0 Å². The standard InChI is InChI=1S/C9H10BrNO2S/c10-6-3-8(14-5-6)9(12)7-4-13-2-1-11-7/h3,5,7,11H,1-2,4H2. The van der Waals surface area contributed by atoms with E-state index < -0.39 is 0 Å². The molecule has 76 valence electrons. The summed E-state index contributed by atoms with van der Waals surface area (Å²) in [4.78, 5) is 12.6. The molecule has 14 heavy (non-hydrogen) atoms. The van der Waals surface area contributed by atoms with E-state index in [4.69, 9.17) is 4.74 Å². The van der Waals surface area contributed by atoms with E-state index >= 15 is 0 Å². The number of hydrogen-bond acceptors (Lipinski definition) is 4. The van der Waals surface area contributed by atoms with E-state index in [2.05, 4.69) is 21.2 Å². The van der Waals surface area contributed by atoms with Gasteiger partial charge in [0.15, 0.2) is 5.78 Å². The summed E-state index contributed by atoms with van der Waals surface area (Å²) in [5.41, 5.74) is 0. The Morgan fingerprint density at radius 1 is 1.71 bits per heavy atom. The van der Waals surface area contributed by atoms with E-state index in [9.17, 15) is 4.79 Å². The van der Waals surface area contributed by atoms with Gasteiger partial charge < -0.3 is 10.1 Å². The second-order valence-corrected chi connectivity index (χ2v) is 4.90. The molecule has 1 aliphatic heterocycles. The quantitative estimate of drug-likeness (QED) is 0.835. The van der Waals surface area contributed by atoms with Crippen LogP contribution in [0.25, 0.3) is 0 Å². The summed E-state index contributed by atoms with van der Waals surface area (Å²) < 4.78 is 6.20. The van der Waals surface area contributed by atoms with E-state index in [-0.39, 0.29) is 11.8 Å². The van der Waals surface area contributed by atoms with Crippen molar-refractivity contribution < 1.29 is 9.53 Å². The van der Waals surface area contributed by atoms with Gasteiger partial charge in [0.05, 0.1) is 24.1 Å². The summed E-state index contributed by atoms with van der Waals surface area (Å²) in [6, 6.07) is 1.68. The zero-order chi connectivity index (χ0) is 9.97. The highest BCUT2D eigenvalue weighted by molar-refractivity contribution is 9.10. The van der Waals surface area contributed by atoms with Crippen LogP contribution in [0.4, 0.5) is 0 Å². The molecule has 5 heteroatoms. The molecule has 0 aliphatic carbocycles. The van der Waals surface area contributed by atoms with E-state index in [1.54, 1.807) is 0 Å². The first kappa shape index (κ1) is 10.3. The van der Waals surface area contributed by atoms with Crippen LogP contribution in [-0.4, -0.2) is 31.6 Å². The number of ether oxygens (including phenoxy) is 1. The summed E-state index contributed by atoms with van der Waals surface area (Å²) in [6.07, 6.45) is 0. The molecule has 1 aromatic heterocycles. The molecule has 0 bridgehead atoms. The van der Waals surface area contributed by atoms with Gasteiger partial charge in [-0.05, 0) is 22.0 Å². The molecule has 0 radical (unpaired) electrons. The van der Waals surface area contributed by atoms with Crippen molar-refractivity contribution in [2.75, 3.05) is 19.8 Å². The Morgan fingerprint density at radius 2 is 2.57 bits per heavy atom. The number of morpholine rings is 1. The lowest BCUT2D eigenvalue weighted by Gasteiger charge is -2.21. The Bertz CT molecular complexity index is 333. The molecule has 1 fully saturated rings. The summed E-state index contributed by atoms with van der Waals surface area (Å²) in [6.45, 7) is 1.93. The molecular formula is C9H10BrNO2S. The lowest BCUT2D eigenvalue weighted by molar-refractivity contribution is 0.0610. The van der Waals surface area contributed by atoms with Gasteiger partial charge in [-0.15, -0.1) is 11.3 Å². The fourth-order valence-electron chi connectivity index (χ4n) is 1.35. The van der Waals surface area contributed by atoms with Gasteiger partial charge in [0.25, 0.3) is 0 Å². The molecule has 2 rings (SSSR count). The topological polar surface area (TPSA) is 38.3 Å². The van der Waals surface area contributed by atoms with Gasteiger partial charge in [-0.25, -0.2) is 0 Å². The van der Waals surface area contributed by atoms with Crippen LogP contribution in [0.5, 0.6) is 0 Å². The summed E-state index contributed by atoms with van der Waals surface area (Å²) in [5.74, 6) is 0.125. The minimum absolute atomic E-state index is 0.125. The lowest BCUT2D eigenvalue weighted by atomic mass is 10.1. The Kier molecular flexibility index (Phi) is 3.33. The van der Waals surface area contributed by atoms with Gasteiger partial charge in [0.1, 0.15) is 0 Å². The molecule has 1 N–H and O–H groups in total. The van der Waals surface area contributed by atoms with E-state index in [1.807, 2.05) is 11.4 Å². The average Bonchev–Trinajstić information content (AvgIpc) is 2.65. The molecule has 0 amide bonds. The van der Waals surface area contributed by atoms with Crippen LogP contribution in [0, 0.1) is 0 Å². The molecule has 1 aromatic rings. The van der Waals surface area contributed by atoms with Crippen LogP contribution >= 0.6 is 27.3 Å². The lowest BCUT2D eigenvalue weighted by Crippen LogP contribution is -2.46. The first-order valence-corrected chi connectivity index (χ1v) is 6.04. The van der Waals surface area contributed by atoms with E-state index in [0.29, 0.717) is 13.2 Å². The number of halogens is 1. The predicted octanol–water partition coefficient (Wildman–Crippen LogP) is 1.68. The summed E-state index contributed by atoms with van der Waals surface area (Å²) in [7, 11) is 0. The number of nitrogens with one attached hydrogen (secondary N) is 1. The molecule has 0 aromatic carbocycles. The monoisotopic (exact) mass is 275 g/mol. The zero-order valence-electron chi connectivity index (χ0n) is 7.46. The van der Waals surface area contributed by atoms with Crippen molar-refractivity contribution in [3.05, 3.63) is 20.8 Å². The predicted molar refractivity (Wildman–Crippen MR) is 59.0 cm³/mol. The van der Waals surface area contributed by atoms with Crippen molar-refractivity contribution in [2.45, 2.75) is 6.04 Å². The van der Waals surface area contributed by atoms with Gasteiger partial charge in [-0.2, -0.15) is 0 Å². The Hall–Kier alpha value is -0.230. The fraction of sp³-hybridized carbons (Fsp3) is 0.444. The molecule has 0 spiro atoms. The number of rotatable bonds is 2. The van der Waals surface area contributed by atoms with Crippen molar-refractivity contribution in [3.8, 4) is 0 Å². The molecule has 2 heterocycles. The van der Waals surface area contributed by atoms with Crippen molar-refractivity contribution in [3.63, 3.8) is 0 Å². The molecule has 0 saturated carbocycles. The Labute approximate surface area is 94.6 Å². The number of Topliss-reactive ketones (excluding diaryl/α,β-unsaturated/α-hetero) is 1. The molecule has 1 unspecified atom stereocenters. The SMILES string of the molecule is O=C(c1cc(Br)cs1)C1COCCN1. The largest absolute Gasteiger partial charge is 0.378 e. The molecule has 1 aliphatic rings. The highest BCUT2D eigenvalue weighted by Crippen LogP contribution is 2.21. The third-order valence-electron chi connectivity index (χ3n) is 2.05. The normalized spacial score (nSPS) is 22.2. The number of carbonyl (C=O) groups excluding carboxylic acids is 1. The first-order valence-electron chi connectivity index (χ1n) is 4.37. The van der Waals surface area contributed by atoms with Crippen molar-refractivity contribution in [1.29, 1.82) is 0 Å². The van der Waals surface area contributed by atoms with Crippen LogP contribution in [0.3, 0.4) is 0 Å². The van der Waals surface area contributed by atoms with Crippen molar-refractivity contribution in [2.24, 2.45) is 0 Å². The smallest absolute Gasteiger partial charge is 0.192 e. The highest BCUT2D eigenvalue weighted by Gasteiger charge is 2.23. The maximum atomic E-state index is 11.9. The average molecular weight is 276 g/mol. The summed E-state index contributed by atoms with van der Waals surface area (Å²) >= 11 is 4.79. The number of carbonyl (C=O) groups is 1. The molecule has 1 saturated heterocycles. The fourth-order valence-corrected chi connectivity index (χ4v) is 2.77. The van der Waals surface area contributed by atoms with Gasteiger partial charge in [0.2, 0.25) is 0 Å². The second kappa shape index (κ2) is 4.53. The maximum Gasteiger partial charge on any atom is 0.192 e. The van der Waals surface area contributed by atoms with Crippen LogP contribution < -0.4 is 5.32 Å². The van der Waals surface area contributed by atoms with E-state index in [0.717, 1.165) is 15.9 Å². The van der Waals surface area contributed by atoms with Crippen LogP contribution in [0.2, 0.25) is 0 Å². The van der Waals surface area contributed by atoms with Gasteiger partial charge in [-0.1, -0.05) is 0 Å². The zero-order valence-corrected chi connectivity index (χ0v) is 9.86. The minimum Gasteiger partial charge on any atom is -0.378 e. The van der Waals surface area contributed by atoms with Gasteiger partial charge in [0, 0.05) is 16.4 Å². The van der Waals surface area contributed by atoms with Gasteiger partial charge in [-0.3, -0.25) is 4.79 Å². The van der Waals surface area contributed by atoms with Crippen LogP contribution in [-0.2, 0) is 4.74 Å². The van der Waals surface area contributed by atoms with Crippen LogP contribution in [0.15, 0.2) is 15.9 Å². The number of thiophene rings is 1.